The highest BCUT2D eigenvalue weighted by Gasteiger charge is 2.31. The van der Waals surface area contributed by atoms with Gasteiger partial charge >= 0.3 is 6.18 Å². The van der Waals surface area contributed by atoms with Gasteiger partial charge in [0.25, 0.3) is 5.69 Å². The lowest BCUT2D eigenvalue weighted by Gasteiger charge is -2.17. The zero-order valence-corrected chi connectivity index (χ0v) is 16.1. The molecule has 0 radical (unpaired) electrons. The quantitative estimate of drug-likeness (QED) is 0.396. The predicted octanol–water partition coefficient (Wildman–Crippen LogP) is 4.69. The van der Waals surface area contributed by atoms with Crippen LogP contribution in [0.2, 0.25) is 0 Å². The van der Waals surface area contributed by atoms with E-state index in [9.17, 15) is 32.9 Å². The average molecular weight is 427 g/mol. The molecule has 2 amide bonds. The van der Waals surface area contributed by atoms with Crippen molar-refractivity contribution in [2.75, 3.05) is 10.6 Å². The summed E-state index contributed by atoms with van der Waals surface area (Å²) in [5, 5.41) is 14.7. The first-order valence-corrected chi connectivity index (χ1v) is 9.06. The zero-order chi connectivity index (χ0) is 21.8. The van der Waals surface area contributed by atoms with Gasteiger partial charge < -0.3 is 10.6 Å². The fourth-order valence-corrected chi connectivity index (χ4v) is 3.13. The topological polar surface area (TPSA) is 101 Å². The Labute approximate surface area is 167 Å². The van der Waals surface area contributed by atoms with Crippen LogP contribution in [0, 0.1) is 10.1 Å². The van der Waals surface area contributed by atoms with E-state index in [1.807, 2.05) is 0 Å². The van der Waals surface area contributed by atoms with E-state index in [1.165, 1.54) is 38.1 Å². The normalized spacial score (nSPS) is 12.2. The second-order valence-corrected chi connectivity index (χ2v) is 7.35. The number of nitro benzene ring substituents is 1. The second-order valence-electron chi connectivity index (χ2n) is 5.94. The van der Waals surface area contributed by atoms with Crippen molar-refractivity contribution in [3.63, 3.8) is 0 Å². The average Bonchev–Trinajstić information content (AvgIpc) is 2.62. The molecule has 0 aromatic heterocycles. The van der Waals surface area contributed by atoms with Gasteiger partial charge in [0.1, 0.15) is 0 Å². The first-order chi connectivity index (χ1) is 13.5. The SMILES string of the molecule is CC(=O)Nc1ccc(C(F)(F)F)cc1NC(=O)C(C)Sc1ccc([N+](=O)[O-])cc1. The minimum atomic E-state index is -4.62. The maximum atomic E-state index is 13.0. The highest BCUT2D eigenvalue weighted by molar-refractivity contribution is 8.00. The fourth-order valence-electron chi connectivity index (χ4n) is 2.26. The van der Waals surface area contributed by atoms with E-state index in [1.54, 1.807) is 0 Å². The summed E-state index contributed by atoms with van der Waals surface area (Å²) < 4.78 is 38.9. The van der Waals surface area contributed by atoms with Gasteiger partial charge in [-0.25, -0.2) is 0 Å². The number of alkyl halides is 3. The minimum Gasteiger partial charge on any atom is -0.325 e. The smallest absolute Gasteiger partial charge is 0.325 e. The van der Waals surface area contributed by atoms with Gasteiger partial charge in [-0.05, 0) is 37.3 Å². The van der Waals surface area contributed by atoms with E-state index in [4.69, 9.17) is 0 Å². The highest BCUT2D eigenvalue weighted by Crippen LogP contribution is 2.34. The Morgan fingerprint density at radius 1 is 1.07 bits per heavy atom. The van der Waals surface area contributed by atoms with Crippen molar-refractivity contribution in [1.29, 1.82) is 0 Å². The Morgan fingerprint density at radius 2 is 1.69 bits per heavy atom. The Hall–Kier alpha value is -3.08. The van der Waals surface area contributed by atoms with Crippen molar-refractivity contribution in [3.8, 4) is 0 Å². The second kappa shape index (κ2) is 8.95. The van der Waals surface area contributed by atoms with Crippen molar-refractivity contribution in [1.82, 2.24) is 0 Å². The van der Waals surface area contributed by atoms with Crippen LogP contribution in [0.3, 0.4) is 0 Å². The maximum Gasteiger partial charge on any atom is 0.416 e. The molecule has 0 heterocycles. The molecule has 0 aliphatic rings. The molecule has 0 fully saturated rings. The number of nitrogens with zero attached hydrogens (tertiary/aromatic N) is 1. The van der Waals surface area contributed by atoms with Crippen LogP contribution in [0.25, 0.3) is 0 Å². The van der Waals surface area contributed by atoms with Gasteiger partial charge in [-0.2, -0.15) is 13.2 Å². The van der Waals surface area contributed by atoms with E-state index < -0.39 is 33.7 Å². The van der Waals surface area contributed by atoms with Crippen LogP contribution in [0.1, 0.15) is 19.4 Å². The van der Waals surface area contributed by atoms with Crippen molar-refractivity contribution in [2.45, 2.75) is 30.2 Å². The lowest BCUT2D eigenvalue weighted by atomic mass is 10.1. The zero-order valence-electron chi connectivity index (χ0n) is 15.2. The van der Waals surface area contributed by atoms with Crippen molar-refractivity contribution in [2.24, 2.45) is 0 Å². The molecule has 29 heavy (non-hydrogen) atoms. The van der Waals surface area contributed by atoms with Gasteiger partial charge in [0.15, 0.2) is 0 Å². The molecule has 0 spiro atoms. The van der Waals surface area contributed by atoms with Crippen molar-refractivity contribution in [3.05, 3.63) is 58.1 Å². The summed E-state index contributed by atoms with van der Waals surface area (Å²) in [6, 6.07) is 8.12. The van der Waals surface area contributed by atoms with Crippen LogP contribution in [0.5, 0.6) is 0 Å². The van der Waals surface area contributed by atoms with E-state index in [-0.39, 0.29) is 17.1 Å². The summed E-state index contributed by atoms with van der Waals surface area (Å²) in [5.41, 5.74) is -1.23. The van der Waals surface area contributed by atoms with Crippen LogP contribution in [-0.2, 0) is 15.8 Å². The number of carbonyl (C=O) groups is 2. The van der Waals surface area contributed by atoms with E-state index >= 15 is 0 Å². The molecule has 0 saturated carbocycles. The molecular weight excluding hydrogens is 411 g/mol. The number of nitrogens with one attached hydrogen (secondary N) is 2. The molecule has 1 unspecified atom stereocenters. The molecule has 0 aliphatic carbocycles. The maximum absolute atomic E-state index is 13.0. The Bertz CT molecular complexity index is 933. The molecule has 2 aromatic rings. The third kappa shape index (κ3) is 6.21. The largest absolute Gasteiger partial charge is 0.416 e. The van der Waals surface area contributed by atoms with E-state index in [0.29, 0.717) is 4.90 Å². The van der Waals surface area contributed by atoms with Gasteiger partial charge in [-0.15, -0.1) is 11.8 Å². The molecule has 2 N–H and O–H groups in total. The monoisotopic (exact) mass is 427 g/mol. The molecule has 0 aliphatic heterocycles. The van der Waals surface area contributed by atoms with E-state index in [0.717, 1.165) is 30.0 Å². The molecule has 2 aromatic carbocycles. The number of thioether (sulfide) groups is 1. The number of rotatable bonds is 6. The first-order valence-electron chi connectivity index (χ1n) is 8.18. The van der Waals surface area contributed by atoms with Crippen molar-refractivity contribution >= 4 is 40.6 Å². The third-order valence-corrected chi connectivity index (χ3v) is 4.76. The molecule has 1 atom stereocenters. The summed E-state index contributed by atoms with van der Waals surface area (Å²) in [6.07, 6.45) is -4.62. The van der Waals surface area contributed by atoms with E-state index in [2.05, 4.69) is 10.6 Å². The van der Waals surface area contributed by atoms with Gasteiger partial charge in [-0.3, -0.25) is 19.7 Å². The lowest BCUT2D eigenvalue weighted by molar-refractivity contribution is -0.384. The summed E-state index contributed by atoms with van der Waals surface area (Å²) in [6.45, 7) is 2.73. The first kappa shape index (κ1) is 22.2. The number of hydrogen-bond acceptors (Lipinski definition) is 5. The lowest BCUT2D eigenvalue weighted by Crippen LogP contribution is -2.23. The van der Waals surface area contributed by atoms with Crippen LogP contribution >= 0.6 is 11.8 Å². The summed E-state index contributed by atoms with van der Waals surface area (Å²) in [4.78, 5) is 34.4. The summed E-state index contributed by atoms with van der Waals surface area (Å²) >= 11 is 1.08. The van der Waals surface area contributed by atoms with Crippen molar-refractivity contribution < 1.29 is 27.7 Å². The number of benzene rings is 2. The number of anilines is 2. The molecule has 0 bridgehead atoms. The summed E-state index contributed by atoms with van der Waals surface area (Å²) in [5.74, 6) is -1.10. The summed E-state index contributed by atoms with van der Waals surface area (Å²) in [7, 11) is 0. The third-order valence-electron chi connectivity index (χ3n) is 3.65. The molecule has 2 rings (SSSR count). The Morgan fingerprint density at radius 3 is 2.21 bits per heavy atom. The molecule has 7 nitrogen and oxygen atoms in total. The molecule has 154 valence electrons. The standard InChI is InChI=1S/C18H16F3N3O4S/c1-10(29-14-6-4-13(5-7-14)24(27)28)17(26)23-16-9-12(18(19,20)21)3-8-15(16)22-11(2)25/h3-10H,1-2H3,(H,22,25)(H,23,26). The van der Waals surface area contributed by atoms with Gasteiger partial charge in [0.05, 0.1) is 27.1 Å². The fraction of sp³-hybridized carbons (Fsp3) is 0.222. The number of halogens is 3. The Kier molecular flexibility index (Phi) is 6.85. The highest BCUT2D eigenvalue weighted by atomic mass is 32.2. The number of non-ortho nitro benzene ring substituents is 1. The molecular formula is C18H16F3N3O4S. The Balaban J connectivity index is 2.18. The molecule has 0 saturated heterocycles. The molecule has 11 heteroatoms. The number of amides is 2. The number of nitro groups is 1. The predicted molar refractivity (Wildman–Crippen MR) is 103 cm³/mol. The van der Waals surface area contributed by atoms with Gasteiger partial charge in [0, 0.05) is 24.0 Å². The van der Waals surface area contributed by atoms with Crippen LogP contribution in [0.4, 0.5) is 30.2 Å². The van der Waals surface area contributed by atoms with Crippen LogP contribution < -0.4 is 10.6 Å². The minimum absolute atomic E-state index is 0.0337. The van der Waals surface area contributed by atoms with Gasteiger partial charge in [0.2, 0.25) is 11.8 Å². The van der Waals surface area contributed by atoms with Gasteiger partial charge in [-0.1, -0.05) is 0 Å². The van der Waals surface area contributed by atoms with Crippen LogP contribution in [-0.4, -0.2) is 22.0 Å². The number of carbonyl (C=O) groups excluding carboxylic acids is 2. The van der Waals surface area contributed by atoms with Crippen LogP contribution in [0.15, 0.2) is 47.4 Å². The number of hydrogen-bond donors (Lipinski definition) is 2.